The quantitative estimate of drug-likeness (QED) is 0.593. The molecule has 2 aliphatic rings. The molecule has 2 N–H and O–H groups in total. The number of nitrogens with zero attached hydrogens (tertiary/aromatic N) is 2. The first-order chi connectivity index (χ1) is 7.70. The van der Waals surface area contributed by atoms with E-state index in [1.54, 1.807) is 0 Å². The van der Waals surface area contributed by atoms with Crippen LogP contribution in [0.4, 0.5) is 0 Å². The van der Waals surface area contributed by atoms with Gasteiger partial charge in [-0.3, -0.25) is 4.99 Å². The van der Waals surface area contributed by atoms with Crippen LogP contribution in [0, 0.1) is 5.41 Å². The van der Waals surface area contributed by atoms with Gasteiger partial charge in [-0.1, -0.05) is 19.8 Å². The highest BCUT2D eigenvalue weighted by atomic mass is 32.2. The second-order valence-corrected chi connectivity index (χ2v) is 6.52. The Morgan fingerprint density at radius 3 is 2.56 bits per heavy atom. The van der Waals surface area contributed by atoms with E-state index in [2.05, 4.69) is 16.8 Å². The lowest BCUT2D eigenvalue weighted by Gasteiger charge is -2.28. The predicted molar refractivity (Wildman–Crippen MR) is 72.0 cm³/mol. The minimum atomic E-state index is 0.426. The van der Waals surface area contributed by atoms with Crippen molar-refractivity contribution in [2.45, 2.75) is 32.6 Å². The molecule has 1 aliphatic carbocycles. The van der Waals surface area contributed by atoms with Crippen molar-refractivity contribution in [2.24, 2.45) is 16.1 Å². The van der Waals surface area contributed by atoms with Crippen molar-refractivity contribution in [3.05, 3.63) is 0 Å². The molecule has 2 rings (SSSR count). The van der Waals surface area contributed by atoms with E-state index in [1.165, 1.54) is 37.2 Å². The molecule has 3 nitrogen and oxygen atoms in total. The van der Waals surface area contributed by atoms with Gasteiger partial charge in [-0.15, -0.1) is 0 Å². The minimum Gasteiger partial charge on any atom is -0.370 e. The van der Waals surface area contributed by atoms with E-state index >= 15 is 0 Å². The highest BCUT2D eigenvalue weighted by Crippen LogP contribution is 2.37. The fraction of sp³-hybridized carbons (Fsp3) is 0.917. The van der Waals surface area contributed by atoms with Gasteiger partial charge in [0.05, 0.1) is 0 Å². The summed E-state index contributed by atoms with van der Waals surface area (Å²) in [6, 6.07) is 0. The molecular formula is C12H23N3S. The molecule has 16 heavy (non-hydrogen) atoms. The van der Waals surface area contributed by atoms with Crippen molar-refractivity contribution in [2.75, 3.05) is 31.1 Å². The molecule has 1 saturated heterocycles. The van der Waals surface area contributed by atoms with Crippen LogP contribution in [0.25, 0.3) is 0 Å². The number of guanidine groups is 1. The van der Waals surface area contributed by atoms with Gasteiger partial charge in [-0.25, -0.2) is 0 Å². The molecule has 0 radical (unpaired) electrons. The zero-order chi connectivity index (χ0) is 11.4. The zero-order valence-electron chi connectivity index (χ0n) is 10.2. The molecule has 1 heterocycles. The lowest BCUT2D eigenvalue weighted by Crippen LogP contribution is -2.43. The number of rotatable bonds is 2. The van der Waals surface area contributed by atoms with Gasteiger partial charge in [-0.2, -0.15) is 11.8 Å². The smallest absolute Gasteiger partial charge is 0.191 e. The average Bonchev–Trinajstić information content (AvgIpc) is 2.75. The molecule has 0 unspecified atom stereocenters. The van der Waals surface area contributed by atoms with Crippen LogP contribution in [0.1, 0.15) is 32.6 Å². The number of thioether (sulfide) groups is 1. The third-order valence-electron chi connectivity index (χ3n) is 3.77. The Bertz CT molecular complexity index is 253. The van der Waals surface area contributed by atoms with E-state index in [1.807, 2.05) is 11.8 Å². The summed E-state index contributed by atoms with van der Waals surface area (Å²) in [5.74, 6) is 3.15. The molecule has 0 aromatic rings. The first kappa shape index (κ1) is 12.1. The maximum absolute atomic E-state index is 6.05. The lowest BCUT2D eigenvalue weighted by atomic mass is 9.89. The molecule has 0 atom stereocenters. The maximum Gasteiger partial charge on any atom is 0.191 e. The van der Waals surface area contributed by atoms with Gasteiger partial charge in [0.25, 0.3) is 0 Å². The normalized spacial score (nSPS) is 26.1. The largest absolute Gasteiger partial charge is 0.370 e. The van der Waals surface area contributed by atoms with Crippen LogP contribution < -0.4 is 5.73 Å². The fourth-order valence-corrected chi connectivity index (χ4v) is 3.45. The summed E-state index contributed by atoms with van der Waals surface area (Å²) in [5, 5.41) is 0. The Hall–Kier alpha value is -0.380. The maximum atomic E-state index is 6.05. The Kier molecular flexibility index (Phi) is 4.00. The Balaban J connectivity index is 1.85. The Morgan fingerprint density at radius 1 is 1.31 bits per heavy atom. The van der Waals surface area contributed by atoms with Gasteiger partial charge in [0, 0.05) is 31.1 Å². The monoisotopic (exact) mass is 241 g/mol. The summed E-state index contributed by atoms with van der Waals surface area (Å²) >= 11 is 2.01. The molecule has 0 spiro atoms. The van der Waals surface area contributed by atoms with Crippen molar-refractivity contribution >= 4 is 17.7 Å². The van der Waals surface area contributed by atoms with Crippen LogP contribution in [-0.4, -0.2) is 42.0 Å². The van der Waals surface area contributed by atoms with Gasteiger partial charge < -0.3 is 10.6 Å². The van der Waals surface area contributed by atoms with Crippen LogP contribution >= 0.6 is 11.8 Å². The molecule has 4 heteroatoms. The van der Waals surface area contributed by atoms with Crippen LogP contribution in [0.5, 0.6) is 0 Å². The average molecular weight is 241 g/mol. The van der Waals surface area contributed by atoms with Gasteiger partial charge in [0.15, 0.2) is 5.96 Å². The number of hydrogen-bond acceptors (Lipinski definition) is 2. The van der Waals surface area contributed by atoms with E-state index in [-0.39, 0.29) is 0 Å². The van der Waals surface area contributed by atoms with E-state index < -0.39 is 0 Å². The second kappa shape index (κ2) is 5.30. The highest BCUT2D eigenvalue weighted by Gasteiger charge is 2.28. The van der Waals surface area contributed by atoms with Gasteiger partial charge in [0.2, 0.25) is 0 Å². The van der Waals surface area contributed by atoms with Gasteiger partial charge in [0.1, 0.15) is 0 Å². The molecule has 2 fully saturated rings. The molecule has 1 aliphatic heterocycles. The first-order valence-electron chi connectivity index (χ1n) is 6.32. The minimum absolute atomic E-state index is 0.426. The topological polar surface area (TPSA) is 41.6 Å². The van der Waals surface area contributed by atoms with Crippen LogP contribution in [0.3, 0.4) is 0 Å². The Morgan fingerprint density at radius 2 is 1.94 bits per heavy atom. The highest BCUT2D eigenvalue weighted by molar-refractivity contribution is 7.99. The van der Waals surface area contributed by atoms with Crippen molar-refractivity contribution in [3.8, 4) is 0 Å². The second-order valence-electron chi connectivity index (χ2n) is 5.29. The summed E-state index contributed by atoms with van der Waals surface area (Å²) in [5.41, 5.74) is 6.48. The SMILES string of the molecule is CC1(CN=C(N)N2CCSCC2)CCCC1. The van der Waals surface area contributed by atoms with Crippen molar-refractivity contribution in [1.82, 2.24) is 4.90 Å². The van der Waals surface area contributed by atoms with Crippen LogP contribution in [0.15, 0.2) is 4.99 Å². The van der Waals surface area contributed by atoms with E-state index in [4.69, 9.17) is 5.73 Å². The third-order valence-corrected chi connectivity index (χ3v) is 4.71. The van der Waals surface area contributed by atoms with E-state index in [9.17, 15) is 0 Å². The van der Waals surface area contributed by atoms with Crippen molar-refractivity contribution in [1.29, 1.82) is 0 Å². The summed E-state index contributed by atoms with van der Waals surface area (Å²) in [7, 11) is 0. The van der Waals surface area contributed by atoms with Crippen LogP contribution in [0.2, 0.25) is 0 Å². The standard InChI is InChI=1S/C12H23N3S/c1-12(4-2-3-5-12)10-14-11(13)15-6-8-16-9-7-15/h2-10H2,1H3,(H2,13,14). The van der Waals surface area contributed by atoms with E-state index in [0.29, 0.717) is 5.41 Å². The molecule has 0 bridgehead atoms. The zero-order valence-corrected chi connectivity index (χ0v) is 11.1. The Labute approximate surface area is 103 Å². The van der Waals surface area contributed by atoms with Gasteiger partial charge >= 0.3 is 0 Å². The molecule has 0 amide bonds. The molecule has 0 aromatic heterocycles. The van der Waals surface area contributed by atoms with Crippen LogP contribution in [-0.2, 0) is 0 Å². The van der Waals surface area contributed by atoms with Crippen molar-refractivity contribution in [3.63, 3.8) is 0 Å². The van der Waals surface area contributed by atoms with E-state index in [0.717, 1.165) is 25.6 Å². The third kappa shape index (κ3) is 3.06. The number of nitrogens with two attached hydrogens (primary N) is 1. The summed E-state index contributed by atoms with van der Waals surface area (Å²) < 4.78 is 0. The summed E-state index contributed by atoms with van der Waals surface area (Å²) in [6.45, 7) is 5.40. The van der Waals surface area contributed by atoms with Crippen molar-refractivity contribution < 1.29 is 0 Å². The molecule has 1 saturated carbocycles. The summed E-state index contributed by atoms with van der Waals surface area (Å²) in [4.78, 5) is 6.84. The fourth-order valence-electron chi connectivity index (χ4n) is 2.55. The summed E-state index contributed by atoms with van der Waals surface area (Å²) in [6.07, 6.45) is 5.37. The lowest BCUT2D eigenvalue weighted by molar-refractivity contribution is 0.347. The van der Waals surface area contributed by atoms with Gasteiger partial charge in [-0.05, 0) is 18.3 Å². The molecular weight excluding hydrogens is 218 g/mol. The first-order valence-corrected chi connectivity index (χ1v) is 7.48. The predicted octanol–water partition coefficient (Wildman–Crippen LogP) is 1.93. The molecule has 92 valence electrons. The number of hydrogen-bond donors (Lipinski definition) is 1. The molecule has 0 aromatic carbocycles. The number of aliphatic imine (C=N–C) groups is 1.